The van der Waals surface area contributed by atoms with Gasteiger partial charge in [-0.3, -0.25) is 4.79 Å². The molecule has 0 atom stereocenters. The Morgan fingerprint density at radius 1 is 1.22 bits per heavy atom. The molecule has 1 aromatic carbocycles. The monoisotopic (exact) mass is 406 g/mol. The maximum Gasteiger partial charge on any atom is 0.230 e. The number of hydrogen-bond acceptors (Lipinski definition) is 4. The highest BCUT2D eigenvalue weighted by Crippen LogP contribution is 2.33. The second kappa shape index (κ2) is 6.95. The standard InChI is InChI=1S/C17H15BrN2OS2/c1-10-3-4-12(7-11(10)2)8-16(21)20-17-19-13(9-22-17)14-5-6-15(18)23-14/h3-7,9H,8H2,1-2H3,(H,19,20,21). The van der Waals surface area contributed by atoms with E-state index in [2.05, 4.69) is 46.1 Å². The summed E-state index contributed by atoms with van der Waals surface area (Å²) >= 11 is 6.52. The van der Waals surface area contributed by atoms with Crippen molar-refractivity contribution in [3.63, 3.8) is 0 Å². The number of aromatic nitrogens is 1. The Kier molecular flexibility index (Phi) is 4.94. The van der Waals surface area contributed by atoms with E-state index in [0.29, 0.717) is 11.6 Å². The fourth-order valence-corrected chi connectivity index (χ4v) is 4.31. The van der Waals surface area contributed by atoms with Crippen LogP contribution in [0.5, 0.6) is 0 Å². The van der Waals surface area contributed by atoms with Crippen LogP contribution in [0.1, 0.15) is 16.7 Å². The van der Waals surface area contributed by atoms with Crippen LogP contribution in [0.2, 0.25) is 0 Å². The summed E-state index contributed by atoms with van der Waals surface area (Å²) in [5.41, 5.74) is 4.35. The molecule has 0 fully saturated rings. The van der Waals surface area contributed by atoms with Gasteiger partial charge >= 0.3 is 0 Å². The molecular formula is C17H15BrN2OS2. The zero-order valence-electron chi connectivity index (χ0n) is 12.7. The third-order valence-corrected chi connectivity index (χ3v) is 5.92. The summed E-state index contributed by atoms with van der Waals surface area (Å²) in [6, 6.07) is 10.1. The van der Waals surface area contributed by atoms with E-state index in [9.17, 15) is 4.79 Å². The van der Waals surface area contributed by atoms with E-state index in [-0.39, 0.29) is 5.91 Å². The van der Waals surface area contributed by atoms with Crippen LogP contribution in [0.25, 0.3) is 10.6 Å². The van der Waals surface area contributed by atoms with Crippen LogP contribution in [0.3, 0.4) is 0 Å². The lowest BCUT2D eigenvalue weighted by Gasteiger charge is -2.05. The van der Waals surface area contributed by atoms with Gasteiger partial charge < -0.3 is 5.32 Å². The Labute approximate surface area is 151 Å². The first-order valence-electron chi connectivity index (χ1n) is 7.08. The predicted octanol–water partition coefficient (Wildman–Crippen LogP) is 5.43. The second-order valence-corrected chi connectivity index (χ2v) is 8.61. The lowest BCUT2D eigenvalue weighted by molar-refractivity contribution is -0.115. The SMILES string of the molecule is Cc1ccc(CC(=O)Nc2nc(-c3ccc(Br)s3)cs2)cc1C. The molecule has 0 bridgehead atoms. The van der Waals surface area contributed by atoms with Gasteiger partial charge in [-0.05, 0) is 58.6 Å². The Balaban J connectivity index is 1.66. The predicted molar refractivity (Wildman–Crippen MR) is 101 cm³/mol. The molecule has 0 saturated carbocycles. The van der Waals surface area contributed by atoms with Crippen molar-refractivity contribution in [2.45, 2.75) is 20.3 Å². The number of halogens is 1. The van der Waals surface area contributed by atoms with Crippen molar-refractivity contribution in [1.29, 1.82) is 0 Å². The van der Waals surface area contributed by atoms with E-state index in [4.69, 9.17) is 0 Å². The molecule has 0 aliphatic rings. The number of anilines is 1. The Morgan fingerprint density at radius 2 is 2.04 bits per heavy atom. The molecule has 0 aliphatic heterocycles. The average Bonchev–Trinajstić information content (AvgIpc) is 3.12. The third-order valence-electron chi connectivity index (χ3n) is 3.51. The molecule has 0 unspecified atom stereocenters. The molecule has 0 saturated heterocycles. The van der Waals surface area contributed by atoms with Crippen LogP contribution in [-0.4, -0.2) is 10.9 Å². The molecule has 2 aromatic heterocycles. The minimum absolute atomic E-state index is 0.0403. The summed E-state index contributed by atoms with van der Waals surface area (Å²) < 4.78 is 1.07. The van der Waals surface area contributed by atoms with Crippen molar-refractivity contribution in [2.24, 2.45) is 0 Å². The van der Waals surface area contributed by atoms with Gasteiger partial charge in [0.2, 0.25) is 5.91 Å². The van der Waals surface area contributed by atoms with Gasteiger partial charge in [0.1, 0.15) is 0 Å². The van der Waals surface area contributed by atoms with Gasteiger partial charge in [0.05, 0.1) is 20.8 Å². The number of carbonyl (C=O) groups is 1. The maximum atomic E-state index is 12.2. The lowest BCUT2D eigenvalue weighted by Crippen LogP contribution is -2.14. The number of benzene rings is 1. The van der Waals surface area contributed by atoms with Gasteiger partial charge in [0.15, 0.2) is 5.13 Å². The van der Waals surface area contributed by atoms with Gasteiger partial charge in [-0.2, -0.15) is 0 Å². The molecule has 6 heteroatoms. The van der Waals surface area contributed by atoms with E-state index in [1.807, 2.05) is 29.6 Å². The summed E-state index contributed by atoms with van der Waals surface area (Å²) in [5, 5.41) is 5.48. The smallest absolute Gasteiger partial charge is 0.230 e. The number of rotatable bonds is 4. The fourth-order valence-electron chi connectivity index (χ4n) is 2.16. The van der Waals surface area contributed by atoms with Gasteiger partial charge in [0, 0.05) is 5.38 Å². The van der Waals surface area contributed by atoms with Gasteiger partial charge in [-0.15, -0.1) is 22.7 Å². The number of nitrogens with one attached hydrogen (secondary N) is 1. The minimum atomic E-state index is -0.0403. The van der Waals surface area contributed by atoms with Crippen LogP contribution in [-0.2, 0) is 11.2 Å². The molecule has 0 radical (unpaired) electrons. The molecule has 118 valence electrons. The number of amides is 1. The summed E-state index contributed by atoms with van der Waals surface area (Å²) in [5.74, 6) is -0.0403. The minimum Gasteiger partial charge on any atom is -0.302 e. The molecule has 1 N–H and O–H groups in total. The number of thiophene rings is 1. The first kappa shape index (κ1) is 16.4. The van der Waals surface area contributed by atoms with E-state index in [1.165, 1.54) is 22.5 Å². The quantitative estimate of drug-likeness (QED) is 0.627. The average molecular weight is 407 g/mol. The van der Waals surface area contributed by atoms with Gasteiger partial charge in [0.25, 0.3) is 0 Å². The molecule has 3 aromatic rings. The van der Waals surface area contributed by atoms with Gasteiger partial charge in [-0.1, -0.05) is 18.2 Å². The molecule has 1 amide bonds. The van der Waals surface area contributed by atoms with E-state index < -0.39 is 0 Å². The summed E-state index contributed by atoms with van der Waals surface area (Å²) in [4.78, 5) is 17.7. The van der Waals surface area contributed by atoms with E-state index >= 15 is 0 Å². The molecule has 2 heterocycles. The van der Waals surface area contributed by atoms with Crippen molar-refractivity contribution in [3.05, 3.63) is 56.2 Å². The van der Waals surface area contributed by atoms with Crippen molar-refractivity contribution in [3.8, 4) is 10.6 Å². The van der Waals surface area contributed by atoms with E-state index in [0.717, 1.165) is 19.9 Å². The van der Waals surface area contributed by atoms with Crippen LogP contribution < -0.4 is 5.32 Å². The van der Waals surface area contributed by atoms with Crippen molar-refractivity contribution < 1.29 is 4.79 Å². The van der Waals surface area contributed by atoms with Crippen molar-refractivity contribution >= 4 is 49.6 Å². The number of hydrogen-bond donors (Lipinski definition) is 1. The van der Waals surface area contributed by atoms with Crippen molar-refractivity contribution in [2.75, 3.05) is 5.32 Å². The van der Waals surface area contributed by atoms with Crippen LogP contribution in [0.4, 0.5) is 5.13 Å². The molecule has 3 rings (SSSR count). The topological polar surface area (TPSA) is 42.0 Å². The number of aryl methyl sites for hydroxylation is 2. The molecule has 0 aliphatic carbocycles. The lowest BCUT2D eigenvalue weighted by atomic mass is 10.0. The molecule has 23 heavy (non-hydrogen) atoms. The Bertz CT molecular complexity index is 854. The Hall–Kier alpha value is -1.50. The molecule has 0 spiro atoms. The Morgan fingerprint density at radius 3 is 2.74 bits per heavy atom. The number of carbonyl (C=O) groups excluding carboxylic acids is 1. The summed E-state index contributed by atoms with van der Waals surface area (Å²) in [6.45, 7) is 4.13. The fraction of sp³-hybridized carbons (Fsp3) is 0.176. The molecule has 3 nitrogen and oxygen atoms in total. The zero-order chi connectivity index (χ0) is 16.4. The normalized spacial score (nSPS) is 10.7. The second-order valence-electron chi connectivity index (χ2n) is 5.29. The first-order chi connectivity index (χ1) is 11.0. The molecular weight excluding hydrogens is 392 g/mol. The third kappa shape index (κ3) is 4.07. The maximum absolute atomic E-state index is 12.2. The van der Waals surface area contributed by atoms with Crippen LogP contribution >= 0.6 is 38.6 Å². The largest absolute Gasteiger partial charge is 0.302 e. The highest BCUT2D eigenvalue weighted by molar-refractivity contribution is 9.11. The zero-order valence-corrected chi connectivity index (χ0v) is 15.9. The number of thiazole rings is 1. The van der Waals surface area contributed by atoms with Gasteiger partial charge in [-0.25, -0.2) is 4.98 Å². The van der Waals surface area contributed by atoms with Crippen LogP contribution in [0.15, 0.2) is 39.5 Å². The highest BCUT2D eigenvalue weighted by Gasteiger charge is 2.10. The highest BCUT2D eigenvalue weighted by atomic mass is 79.9. The van der Waals surface area contributed by atoms with Crippen molar-refractivity contribution in [1.82, 2.24) is 4.98 Å². The first-order valence-corrected chi connectivity index (χ1v) is 9.57. The van der Waals surface area contributed by atoms with E-state index in [1.54, 1.807) is 11.3 Å². The summed E-state index contributed by atoms with van der Waals surface area (Å²) in [7, 11) is 0. The van der Waals surface area contributed by atoms with Crippen LogP contribution in [0, 0.1) is 13.8 Å². The number of nitrogens with zero attached hydrogens (tertiary/aromatic N) is 1. The summed E-state index contributed by atoms with van der Waals surface area (Å²) in [6.07, 6.45) is 0.362.